The molecule has 2 N–H and O–H groups in total. The van der Waals surface area contributed by atoms with Crippen molar-refractivity contribution in [3.8, 4) is 0 Å². The highest BCUT2D eigenvalue weighted by Crippen LogP contribution is 2.28. The van der Waals surface area contributed by atoms with Gasteiger partial charge in [-0.1, -0.05) is 6.07 Å². The summed E-state index contributed by atoms with van der Waals surface area (Å²) in [5, 5.41) is 0. The van der Waals surface area contributed by atoms with Crippen LogP contribution in [-0.4, -0.2) is 51.8 Å². The highest BCUT2D eigenvalue weighted by molar-refractivity contribution is 5.62. The molecule has 4 heteroatoms. The lowest BCUT2D eigenvalue weighted by Crippen LogP contribution is -2.32. The van der Waals surface area contributed by atoms with E-state index in [-0.39, 0.29) is 0 Å². The van der Waals surface area contributed by atoms with Crippen molar-refractivity contribution in [1.82, 2.24) is 4.90 Å². The summed E-state index contributed by atoms with van der Waals surface area (Å²) in [7, 11) is 4.18. The van der Waals surface area contributed by atoms with Gasteiger partial charge in [-0.05, 0) is 57.6 Å². The molecule has 1 aromatic carbocycles. The van der Waals surface area contributed by atoms with Gasteiger partial charge >= 0.3 is 0 Å². The zero-order chi connectivity index (χ0) is 14.4. The average molecular weight is 277 g/mol. The lowest BCUT2D eigenvalue weighted by molar-refractivity contribution is 0.131. The minimum Gasteiger partial charge on any atom is -0.399 e. The third kappa shape index (κ3) is 4.39. The maximum atomic E-state index is 5.90. The van der Waals surface area contributed by atoms with Crippen molar-refractivity contribution < 1.29 is 4.74 Å². The third-order valence-corrected chi connectivity index (χ3v) is 3.72. The molecule has 2 rings (SSSR count). The second-order valence-corrected chi connectivity index (χ2v) is 5.75. The molecule has 0 aromatic heterocycles. The molecule has 0 radical (unpaired) electrons. The molecule has 0 unspecified atom stereocenters. The Hall–Kier alpha value is -1.26. The average Bonchev–Trinajstić information content (AvgIpc) is 2.42. The van der Waals surface area contributed by atoms with Crippen LogP contribution >= 0.6 is 0 Å². The number of hydrogen-bond acceptors (Lipinski definition) is 4. The molecule has 1 aromatic rings. The Kier molecular flexibility index (Phi) is 5.68. The van der Waals surface area contributed by atoms with E-state index in [4.69, 9.17) is 10.5 Å². The zero-order valence-electron chi connectivity index (χ0n) is 12.8. The number of benzene rings is 1. The lowest BCUT2D eigenvalue weighted by Gasteiger charge is -2.31. The summed E-state index contributed by atoms with van der Waals surface area (Å²) in [5.74, 6) is 0. The highest BCUT2D eigenvalue weighted by atomic mass is 16.5. The molecule has 0 bridgehead atoms. The van der Waals surface area contributed by atoms with Gasteiger partial charge in [-0.25, -0.2) is 0 Å². The fraction of sp³-hybridized carbons (Fsp3) is 0.625. The van der Waals surface area contributed by atoms with Gasteiger partial charge in [-0.3, -0.25) is 0 Å². The van der Waals surface area contributed by atoms with E-state index in [1.807, 2.05) is 6.07 Å². The number of nitrogens with two attached hydrogens (primary N) is 1. The maximum Gasteiger partial charge on any atom is 0.0641 e. The Balaban J connectivity index is 1.76. The van der Waals surface area contributed by atoms with Gasteiger partial charge < -0.3 is 20.3 Å². The van der Waals surface area contributed by atoms with E-state index >= 15 is 0 Å². The molecular formula is C16H27N3O. The van der Waals surface area contributed by atoms with Crippen LogP contribution < -0.4 is 10.6 Å². The topological polar surface area (TPSA) is 41.7 Å². The summed E-state index contributed by atoms with van der Waals surface area (Å²) in [6.07, 6.45) is 3.48. The number of hydrogen-bond donors (Lipinski definition) is 1. The standard InChI is InChI=1S/C16H27N3O/c1-18(2)8-4-11-20-12-10-19-9-3-5-14-6-7-15(17)13-16(14)19/h6-7,13H,3-5,8-12,17H2,1-2H3. The van der Waals surface area contributed by atoms with Crippen molar-refractivity contribution in [3.63, 3.8) is 0 Å². The van der Waals surface area contributed by atoms with Crippen LogP contribution in [0.25, 0.3) is 0 Å². The number of rotatable bonds is 7. The molecule has 0 spiro atoms. The van der Waals surface area contributed by atoms with Gasteiger partial charge in [0.05, 0.1) is 6.61 Å². The van der Waals surface area contributed by atoms with E-state index in [1.54, 1.807) is 0 Å². The Bertz CT molecular complexity index is 420. The van der Waals surface area contributed by atoms with Crippen molar-refractivity contribution in [2.75, 3.05) is 57.6 Å². The van der Waals surface area contributed by atoms with Gasteiger partial charge in [0.2, 0.25) is 0 Å². The maximum absolute atomic E-state index is 5.90. The summed E-state index contributed by atoms with van der Waals surface area (Å²) < 4.78 is 5.73. The molecule has 1 aliphatic rings. The van der Waals surface area contributed by atoms with Gasteiger partial charge in [0.25, 0.3) is 0 Å². The quantitative estimate of drug-likeness (QED) is 0.611. The number of anilines is 2. The molecule has 0 fully saturated rings. The van der Waals surface area contributed by atoms with Crippen molar-refractivity contribution >= 4 is 11.4 Å². The number of nitrogens with zero attached hydrogens (tertiary/aromatic N) is 2. The summed E-state index contributed by atoms with van der Waals surface area (Å²) in [4.78, 5) is 4.59. The van der Waals surface area contributed by atoms with Gasteiger partial charge in [0.1, 0.15) is 0 Å². The van der Waals surface area contributed by atoms with Crippen molar-refractivity contribution in [2.24, 2.45) is 0 Å². The molecule has 112 valence electrons. The predicted molar refractivity (Wildman–Crippen MR) is 85.4 cm³/mol. The van der Waals surface area contributed by atoms with Gasteiger partial charge in [0, 0.05) is 31.1 Å². The first-order valence-electron chi connectivity index (χ1n) is 7.52. The Labute approximate surface area is 122 Å². The normalized spacial score (nSPS) is 14.7. The number of nitrogen functional groups attached to an aromatic ring is 1. The van der Waals surface area contributed by atoms with E-state index in [0.29, 0.717) is 0 Å². The van der Waals surface area contributed by atoms with Crippen LogP contribution in [0, 0.1) is 0 Å². The molecule has 0 saturated heterocycles. The Morgan fingerprint density at radius 1 is 1.30 bits per heavy atom. The molecule has 0 saturated carbocycles. The van der Waals surface area contributed by atoms with Crippen LogP contribution in [0.15, 0.2) is 18.2 Å². The van der Waals surface area contributed by atoms with E-state index in [9.17, 15) is 0 Å². The second-order valence-electron chi connectivity index (χ2n) is 5.75. The fourth-order valence-corrected chi connectivity index (χ4v) is 2.66. The van der Waals surface area contributed by atoms with Gasteiger partial charge in [0.15, 0.2) is 0 Å². The van der Waals surface area contributed by atoms with Gasteiger partial charge in [-0.15, -0.1) is 0 Å². The van der Waals surface area contributed by atoms with E-state index in [0.717, 1.165) is 51.4 Å². The van der Waals surface area contributed by atoms with Crippen LogP contribution in [0.1, 0.15) is 18.4 Å². The molecule has 0 atom stereocenters. The first-order chi connectivity index (χ1) is 9.66. The molecule has 20 heavy (non-hydrogen) atoms. The summed E-state index contributed by atoms with van der Waals surface area (Å²) in [6, 6.07) is 6.26. The summed E-state index contributed by atoms with van der Waals surface area (Å²) >= 11 is 0. The molecule has 0 amide bonds. The van der Waals surface area contributed by atoms with Crippen LogP contribution in [-0.2, 0) is 11.2 Å². The minimum atomic E-state index is 0.793. The summed E-state index contributed by atoms with van der Waals surface area (Å²) in [5.41, 5.74) is 9.47. The predicted octanol–water partition coefficient (Wildman–Crippen LogP) is 1.99. The molecule has 4 nitrogen and oxygen atoms in total. The number of ether oxygens (including phenoxy) is 1. The number of aryl methyl sites for hydroxylation is 1. The van der Waals surface area contributed by atoms with Crippen LogP contribution in [0.3, 0.4) is 0 Å². The molecule has 1 aliphatic heterocycles. The molecular weight excluding hydrogens is 250 g/mol. The second kappa shape index (κ2) is 7.50. The Morgan fingerprint density at radius 2 is 2.15 bits per heavy atom. The number of fused-ring (bicyclic) bond motifs is 1. The SMILES string of the molecule is CN(C)CCCOCCN1CCCc2ccc(N)cc21. The van der Waals surface area contributed by atoms with E-state index < -0.39 is 0 Å². The van der Waals surface area contributed by atoms with Crippen molar-refractivity contribution in [2.45, 2.75) is 19.3 Å². The largest absolute Gasteiger partial charge is 0.399 e. The first-order valence-corrected chi connectivity index (χ1v) is 7.52. The van der Waals surface area contributed by atoms with Crippen molar-refractivity contribution in [3.05, 3.63) is 23.8 Å². The zero-order valence-corrected chi connectivity index (χ0v) is 12.8. The van der Waals surface area contributed by atoms with Gasteiger partial charge in [-0.2, -0.15) is 0 Å². The third-order valence-electron chi connectivity index (χ3n) is 3.72. The molecule has 0 aliphatic carbocycles. The first kappa shape index (κ1) is 15.1. The van der Waals surface area contributed by atoms with Crippen LogP contribution in [0.5, 0.6) is 0 Å². The molecule has 1 heterocycles. The lowest BCUT2D eigenvalue weighted by atomic mass is 10.0. The smallest absolute Gasteiger partial charge is 0.0641 e. The van der Waals surface area contributed by atoms with E-state index in [2.05, 4.69) is 36.0 Å². The van der Waals surface area contributed by atoms with E-state index in [1.165, 1.54) is 17.7 Å². The Morgan fingerprint density at radius 3 is 2.95 bits per heavy atom. The monoisotopic (exact) mass is 277 g/mol. The summed E-state index contributed by atoms with van der Waals surface area (Å²) in [6.45, 7) is 4.79. The fourth-order valence-electron chi connectivity index (χ4n) is 2.66. The highest BCUT2D eigenvalue weighted by Gasteiger charge is 2.16. The van der Waals surface area contributed by atoms with Crippen LogP contribution in [0.2, 0.25) is 0 Å². The van der Waals surface area contributed by atoms with Crippen LogP contribution in [0.4, 0.5) is 11.4 Å². The minimum absolute atomic E-state index is 0.793. The van der Waals surface area contributed by atoms with Crippen molar-refractivity contribution in [1.29, 1.82) is 0 Å².